The van der Waals surface area contributed by atoms with Crippen molar-refractivity contribution in [1.82, 2.24) is 9.55 Å². The molecule has 2 nitrogen and oxygen atoms in total. The van der Waals surface area contributed by atoms with Crippen molar-refractivity contribution in [3.05, 3.63) is 59.4 Å². The van der Waals surface area contributed by atoms with Crippen molar-refractivity contribution < 1.29 is 0 Å². The van der Waals surface area contributed by atoms with Crippen molar-refractivity contribution in [2.75, 3.05) is 5.88 Å². The Kier molecular flexibility index (Phi) is 3.98. The van der Waals surface area contributed by atoms with Gasteiger partial charge in [-0.25, -0.2) is 4.98 Å². The van der Waals surface area contributed by atoms with Crippen LogP contribution in [-0.4, -0.2) is 15.4 Å². The fourth-order valence-electron chi connectivity index (χ4n) is 2.79. The Morgan fingerprint density at radius 3 is 2.71 bits per heavy atom. The summed E-state index contributed by atoms with van der Waals surface area (Å²) >= 11 is 5.97. The van der Waals surface area contributed by atoms with E-state index in [0.717, 1.165) is 24.2 Å². The number of benzene rings is 2. The summed E-state index contributed by atoms with van der Waals surface area (Å²) in [5.41, 5.74) is 5.97. The van der Waals surface area contributed by atoms with Gasteiger partial charge in [0.2, 0.25) is 0 Å². The van der Waals surface area contributed by atoms with Gasteiger partial charge in [-0.05, 0) is 42.7 Å². The number of imidazole rings is 1. The molecule has 0 saturated carbocycles. The first-order valence-electron chi connectivity index (χ1n) is 7.36. The second-order valence-electron chi connectivity index (χ2n) is 5.27. The number of rotatable bonds is 4. The molecule has 0 spiro atoms. The lowest BCUT2D eigenvalue weighted by atomic mass is 10.1. The molecule has 0 radical (unpaired) electrons. The van der Waals surface area contributed by atoms with Gasteiger partial charge < -0.3 is 0 Å². The van der Waals surface area contributed by atoms with Gasteiger partial charge in [-0.2, -0.15) is 0 Å². The van der Waals surface area contributed by atoms with Crippen molar-refractivity contribution >= 4 is 22.6 Å². The van der Waals surface area contributed by atoms with Crippen LogP contribution in [0.25, 0.3) is 16.7 Å². The normalized spacial score (nSPS) is 11.2. The van der Waals surface area contributed by atoms with E-state index in [1.165, 1.54) is 22.3 Å². The molecular formula is C18H19ClN2. The number of para-hydroxylation sites is 1. The Balaban J connectivity index is 2.30. The fraction of sp³-hybridized carbons (Fsp3) is 0.278. The molecule has 108 valence electrons. The van der Waals surface area contributed by atoms with Gasteiger partial charge in [0.15, 0.2) is 0 Å². The predicted molar refractivity (Wildman–Crippen MR) is 89.6 cm³/mol. The monoisotopic (exact) mass is 298 g/mol. The van der Waals surface area contributed by atoms with E-state index in [2.05, 4.69) is 60.9 Å². The summed E-state index contributed by atoms with van der Waals surface area (Å²) < 4.78 is 2.26. The number of aromatic nitrogens is 2. The number of halogens is 1. The molecule has 1 aromatic heterocycles. The molecule has 1 heterocycles. The third-order valence-electron chi connectivity index (χ3n) is 3.84. The highest BCUT2D eigenvalue weighted by molar-refractivity contribution is 6.17. The zero-order valence-electron chi connectivity index (χ0n) is 12.4. The van der Waals surface area contributed by atoms with Gasteiger partial charge in [0, 0.05) is 18.0 Å². The topological polar surface area (TPSA) is 17.8 Å². The van der Waals surface area contributed by atoms with E-state index in [9.17, 15) is 0 Å². The fourth-order valence-corrected chi connectivity index (χ4v) is 2.96. The summed E-state index contributed by atoms with van der Waals surface area (Å²) in [4.78, 5) is 4.77. The first-order chi connectivity index (χ1) is 10.2. The number of hydrogen-bond acceptors (Lipinski definition) is 1. The van der Waals surface area contributed by atoms with Crippen molar-refractivity contribution in [1.29, 1.82) is 0 Å². The van der Waals surface area contributed by atoms with E-state index in [0.29, 0.717) is 5.88 Å². The second kappa shape index (κ2) is 5.90. The van der Waals surface area contributed by atoms with Crippen LogP contribution < -0.4 is 0 Å². The maximum absolute atomic E-state index is 5.97. The molecule has 0 aliphatic carbocycles. The third kappa shape index (κ3) is 2.56. The van der Waals surface area contributed by atoms with Gasteiger partial charge in [0.25, 0.3) is 0 Å². The molecule has 0 aliphatic heterocycles. The minimum atomic E-state index is 0.579. The second-order valence-corrected chi connectivity index (χ2v) is 5.65. The number of fused-ring (bicyclic) bond motifs is 1. The van der Waals surface area contributed by atoms with Gasteiger partial charge in [-0.1, -0.05) is 31.2 Å². The molecule has 0 bridgehead atoms. The molecule has 0 N–H and O–H groups in total. The summed E-state index contributed by atoms with van der Waals surface area (Å²) in [6.07, 6.45) is 1.80. The summed E-state index contributed by atoms with van der Waals surface area (Å²) in [6.45, 7) is 4.31. The Hall–Kier alpha value is -1.80. The summed E-state index contributed by atoms with van der Waals surface area (Å²) in [5, 5.41) is 0. The minimum absolute atomic E-state index is 0.579. The molecule has 2 aromatic carbocycles. The van der Waals surface area contributed by atoms with Crippen LogP contribution in [0.2, 0.25) is 0 Å². The first-order valence-corrected chi connectivity index (χ1v) is 7.90. The van der Waals surface area contributed by atoms with Gasteiger partial charge in [-0.3, -0.25) is 4.57 Å². The van der Waals surface area contributed by atoms with E-state index in [1.807, 2.05) is 0 Å². The molecule has 21 heavy (non-hydrogen) atoms. The average molecular weight is 299 g/mol. The van der Waals surface area contributed by atoms with E-state index >= 15 is 0 Å². The highest BCUT2D eigenvalue weighted by atomic mass is 35.5. The van der Waals surface area contributed by atoms with Gasteiger partial charge in [0.05, 0.1) is 11.0 Å². The molecule has 0 amide bonds. The van der Waals surface area contributed by atoms with E-state index < -0.39 is 0 Å². The minimum Gasteiger partial charge on any atom is -0.296 e. The first kappa shape index (κ1) is 14.2. The van der Waals surface area contributed by atoms with Crippen LogP contribution in [0.5, 0.6) is 0 Å². The predicted octanol–water partition coefficient (Wildman–Crippen LogP) is 4.68. The van der Waals surface area contributed by atoms with Crippen LogP contribution in [-0.2, 0) is 12.8 Å². The van der Waals surface area contributed by atoms with Gasteiger partial charge >= 0.3 is 0 Å². The zero-order chi connectivity index (χ0) is 14.8. The number of aryl methyl sites for hydroxylation is 3. The smallest absolute Gasteiger partial charge is 0.115 e. The van der Waals surface area contributed by atoms with Crippen molar-refractivity contribution in [2.45, 2.75) is 26.7 Å². The number of alkyl halides is 1. The van der Waals surface area contributed by atoms with Crippen molar-refractivity contribution in [2.24, 2.45) is 0 Å². The van der Waals surface area contributed by atoms with E-state index in [4.69, 9.17) is 16.6 Å². The average Bonchev–Trinajstić information content (AvgIpc) is 2.87. The maximum Gasteiger partial charge on any atom is 0.115 e. The Bertz CT molecular complexity index is 774. The Morgan fingerprint density at radius 2 is 1.95 bits per heavy atom. The lowest BCUT2D eigenvalue weighted by Gasteiger charge is -2.11. The lowest BCUT2D eigenvalue weighted by molar-refractivity contribution is 0.908. The Labute approximate surface area is 130 Å². The summed E-state index contributed by atoms with van der Waals surface area (Å²) in [5.74, 6) is 1.61. The number of hydrogen-bond donors (Lipinski definition) is 0. The quantitative estimate of drug-likeness (QED) is 0.640. The largest absolute Gasteiger partial charge is 0.296 e. The highest BCUT2D eigenvalue weighted by Gasteiger charge is 2.13. The van der Waals surface area contributed by atoms with Crippen LogP contribution in [0.4, 0.5) is 0 Å². The molecule has 0 saturated heterocycles. The zero-order valence-corrected chi connectivity index (χ0v) is 13.2. The van der Waals surface area contributed by atoms with Crippen LogP contribution in [0, 0.1) is 6.92 Å². The van der Waals surface area contributed by atoms with Gasteiger partial charge in [0.1, 0.15) is 5.82 Å². The van der Waals surface area contributed by atoms with Crippen LogP contribution in [0.1, 0.15) is 23.9 Å². The van der Waals surface area contributed by atoms with Crippen molar-refractivity contribution in [3.8, 4) is 5.69 Å². The van der Waals surface area contributed by atoms with E-state index in [1.54, 1.807) is 0 Å². The van der Waals surface area contributed by atoms with Crippen LogP contribution >= 0.6 is 11.6 Å². The van der Waals surface area contributed by atoms with Crippen LogP contribution in [0.15, 0.2) is 42.5 Å². The van der Waals surface area contributed by atoms with Gasteiger partial charge in [-0.15, -0.1) is 11.6 Å². The maximum atomic E-state index is 5.97. The molecule has 3 heteroatoms. The molecule has 0 unspecified atom stereocenters. The molecule has 3 rings (SSSR count). The van der Waals surface area contributed by atoms with E-state index in [-0.39, 0.29) is 0 Å². The Morgan fingerprint density at radius 1 is 1.14 bits per heavy atom. The van der Waals surface area contributed by atoms with Crippen molar-refractivity contribution in [3.63, 3.8) is 0 Å². The lowest BCUT2D eigenvalue weighted by Crippen LogP contribution is -2.03. The molecule has 0 atom stereocenters. The summed E-state index contributed by atoms with van der Waals surface area (Å²) in [7, 11) is 0. The molecule has 0 fully saturated rings. The molecule has 0 aliphatic rings. The molecule has 3 aromatic rings. The summed E-state index contributed by atoms with van der Waals surface area (Å²) in [6, 6.07) is 14.9. The SMILES string of the molecule is CCc1cccc(-n2c(CCCl)nc3cccc(C)c32)c1. The number of nitrogens with zero attached hydrogens (tertiary/aromatic N) is 2. The standard InChI is InChI=1S/C18H19ClN2/c1-3-14-7-5-8-15(12-14)21-17(10-11-19)20-16-9-4-6-13(2)18(16)21/h4-9,12H,3,10-11H2,1-2H3. The third-order valence-corrected chi connectivity index (χ3v) is 4.03. The van der Waals surface area contributed by atoms with Crippen LogP contribution in [0.3, 0.4) is 0 Å². The highest BCUT2D eigenvalue weighted by Crippen LogP contribution is 2.25. The molecular weight excluding hydrogens is 280 g/mol.